The number of benzene rings is 1. The molecule has 21 heavy (non-hydrogen) atoms. The first-order valence-corrected chi connectivity index (χ1v) is 8.44. The summed E-state index contributed by atoms with van der Waals surface area (Å²) in [6.07, 6.45) is 3.13. The first kappa shape index (κ1) is 16.1. The molecule has 0 unspecified atom stereocenters. The molecule has 0 aliphatic heterocycles. The van der Waals surface area contributed by atoms with Crippen LogP contribution in [0.2, 0.25) is 0 Å². The van der Waals surface area contributed by atoms with Gasteiger partial charge in [0.25, 0.3) is 0 Å². The van der Waals surface area contributed by atoms with Crippen molar-refractivity contribution in [3.8, 4) is 11.3 Å². The van der Waals surface area contributed by atoms with Crippen molar-refractivity contribution in [2.75, 3.05) is 26.8 Å². The lowest BCUT2D eigenvalue weighted by molar-refractivity contribution is 0.194. The summed E-state index contributed by atoms with van der Waals surface area (Å²) in [6, 6.07) is 8.71. The Morgan fingerprint density at radius 1 is 1.19 bits per heavy atom. The van der Waals surface area contributed by atoms with E-state index in [2.05, 4.69) is 41.9 Å². The monoisotopic (exact) mass is 304 g/mol. The Kier molecular flexibility index (Phi) is 6.86. The van der Waals surface area contributed by atoms with Crippen LogP contribution in [-0.4, -0.2) is 31.8 Å². The van der Waals surface area contributed by atoms with E-state index in [1.165, 1.54) is 16.1 Å². The summed E-state index contributed by atoms with van der Waals surface area (Å²) in [5, 5.41) is 6.77. The van der Waals surface area contributed by atoms with Gasteiger partial charge in [0.2, 0.25) is 0 Å². The van der Waals surface area contributed by atoms with Crippen LogP contribution in [0.1, 0.15) is 23.9 Å². The predicted molar refractivity (Wildman–Crippen MR) is 90.0 cm³/mol. The number of aryl methyl sites for hydroxylation is 1. The summed E-state index contributed by atoms with van der Waals surface area (Å²) in [4.78, 5) is 4.72. The third-order valence-electron chi connectivity index (χ3n) is 3.43. The van der Waals surface area contributed by atoms with E-state index in [0.717, 1.165) is 44.7 Å². The van der Waals surface area contributed by atoms with Crippen LogP contribution in [0.5, 0.6) is 0 Å². The number of hydrogen-bond acceptors (Lipinski definition) is 4. The normalized spacial score (nSPS) is 11.0. The molecule has 114 valence electrons. The van der Waals surface area contributed by atoms with E-state index in [-0.39, 0.29) is 0 Å². The molecule has 0 bridgehead atoms. The molecule has 0 radical (unpaired) electrons. The molecule has 2 rings (SSSR count). The van der Waals surface area contributed by atoms with Gasteiger partial charge in [-0.2, -0.15) is 0 Å². The Balaban J connectivity index is 1.80. The number of hydrogen-bond donors (Lipinski definition) is 1. The van der Waals surface area contributed by atoms with Gasteiger partial charge in [0, 0.05) is 37.6 Å². The van der Waals surface area contributed by atoms with Crippen molar-refractivity contribution in [3.63, 3.8) is 0 Å². The van der Waals surface area contributed by atoms with Gasteiger partial charge < -0.3 is 10.1 Å². The van der Waals surface area contributed by atoms with Crippen molar-refractivity contribution in [2.24, 2.45) is 0 Å². The molecule has 0 saturated heterocycles. The summed E-state index contributed by atoms with van der Waals surface area (Å²) >= 11 is 1.75. The fraction of sp³-hybridized carbons (Fsp3) is 0.471. The molecule has 0 fully saturated rings. The molecule has 1 heterocycles. The number of methoxy groups -OCH3 is 1. The fourth-order valence-corrected chi connectivity index (χ4v) is 2.94. The van der Waals surface area contributed by atoms with Gasteiger partial charge in [-0.05, 0) is 24.9 Å². The minimum atomic E-state index is 0.822. The molecule has 1 aromatic carbocycles. The van der Waals surface area contributed by atoms with E-state index in [9.17, 15) is 0 Å². The number of aromatic nitrogens is 1. The molecule has 0 atom stereocenters. The van der Waals surface area contributed by atoms with Crippen LogP contribution < -0.4 is 5.32 Å². The molecule has 0 amide bonds. The van der Waals surface area contributed by atoms with Crippen molar-refractivity contribution in [1.82, 2.24) is 10.3 Å². The first-order valence-electron chi connectivity index (χ1n) is 7.57. The van der Waals surface area contributed by atoms with Gasteiger partial charge in [0.1, 0.15) is 0 Å². The maximum Gasteiger partial charge on any atom is 0.0945 e. The smallest absolute Gasteiger partial charge is 0.0945 e. The topological polar surface area (TPSA) is 34.1 Å². The van der Waals surface area contributed by atoms with E-state index < -0.39 is 0 Å². The lowest BCUT2D eigenvalue weighted by Gasteiger charge is -2.02. The van der Waals surface area contributed by atoms with Crippen LogP contribution in [0, 0.1) is 0 Å². The third kappa shape index (κ3) is 5.23. The van der Waals surface area contributed by atoms with E-state index >= 15 is 0 Å². The largest absolute Gasteiger partial charge is 0.385 e. The molecule has 0 saturated carbocycles. The molecule has 0 spiro atoms. The fourth-order valence-electron chi connectivity index (χ4n) is 2.13. The second-order valence-electron chi connectivity index (χ2n) is 5.02. The third-order valence-corrected chi connectivity index (χ3v) is 4.34. The Morgan fingerprint density at radius 3 is 2.71 bits per heavy atom. The highest BCUT2D eigenvalue weighted by Crippen LogP contribution is 2.22. The quantitative estimate of drug-likeness (QED) is 0.720. The van der Waals surface area contributed by atoms with Gasteiger partial charge in [-0.15, -0.1) is 11.3 Å². The number of ether oxygens (including phenoxy) is 1. The van der Waals surface area contributed by atoms with Crippen molar-refractivity contribution < 1.29 is 4.74 Å². The maximum atomic E-state index is 5.03. The van der Waals surface area contributed by atoms with E-state index in [1.54, 1.807) is 18.4 Å². The second kappa shape index (κ2) is 8.93. The Labute approximate surface area is 131 Å². The van der Waals surface area contributed by atoms with Crippen molar-refractivity contribution >= 4 is 11.3 Å². The zero-order chi connectivity index (χ0) is 14.9. The zero-order valence-electron chi connectivity index (χ0n) is 12.9. The van der Waals surface area contributed by atoms with Crippen molar-refractivity contribution in [1.29, 1.82) is 0 Å². The van der Waals surface area contributed by atoms with E-state index in [0.29, 0.717) is 0 Å². The summed E-state index contributed by atoms with van der Waals surface area (Å²) in [6.45, 7) is 4.98. The van der Waals surface area contributed by atoms with Crippen LogP contribution in [0.15, 0.2) is 29.6 Å². The highest BCUT2D eigenvalue weighted by atomic mass is 32.1. The minimum Gasteiger partial charge on any atom is -0.385 e. The van der Waals surface area contributed by atoms with Crippen LogP contribution in [-0.2, 0) is 17.6 Å². The van der Waals surface area contributed by atoms with Crippen LogP contribution in [0.25, 0.3) is 11.3 Å². The van der Waals surface area contributed by atoms with E-state index in [4.69, 9.17) is 9.72 Å². The second-order valence-corrected chi connectivity index (χ2v) is 5.97. The molecule has 1 N–H and O–H groups in total. The number of thiazole rings is 1. The number of rotatable bonds is 9. The Morgan fingerprint density at radius 2 is 2.00 bits per heavy atom. The van der Waals surface area contributed by atoms with Gasteiger partial charge in [-0.25, -0.2) is 4.98 Å². The predicted octanol–water partition coefficient (Wildman–Crippen LogP) is 3.54. The average Bonchev–Trinajstić information content (AvgIpc) is 3.00. The van der Waals surface area contributed by atoms with Crippen molar-refractivity contribution in [2.45, 2.75) is 26.2 Å². The van der Waals surface area contributed by atoms with Crippen LogP contribution in [0.3, 0.4) is 0 Å². The molecule has 1 aromatic heterocycles. The molecule has 4 heteroatoms. The number of nitrogens with one attached hydrogen (secondary N) is 1. The maximum absolute atomic E-state index is 5.03. The van der Waals surface area contributed by atoms with Gasteiger partial charge in [-0.1, -0.05) is 31.2 Å². The average molecular weight is 304 g/mol. The molecule has 0 aliphatic carbocycles. The highest BCUT2D eigenvalue weighted by Gasteiger charge is 2.04. The minimum absolute atomic E-state index is 0.822. The van der Waals surface area contributed by atoms with Gasteiger partial charge >= 0.3 is 0 Å². The molecule has 3 nitrogen and oxygen atoms in total. The summed E-state index contributed by atoms with van der Waals surface area (Å²) in [5.41, 5.74) is 3.68. The lowest BCUT2D eigenvalue weighted by atomic mass is 10.1. The summed E-state index contributed by atoms with van der Waals surface area (Å²) in [7, 11) is 1.74. The van der Waals surface area contributed by atoms with E-state index in [1.807, 2.05) is 0 Å². The lowest BCUT2D eigenvalue weighted by Crippen LogP contribution is -2.19. The van der Waals surface area contributed by atoms with Gasteiger partial charge in [0.15, 0.2) is 0 Å². The molecular weight excluding hydrogens is 280 g/mol. The number of nitrogens with zero attached hydrogens (tertiary/aromatic N) is 1. The Bertz CT molecular complexity index is 522. The Hall–Kier alpha value is -1.23. The van der Waals surface area contributed by atoms with Crippen LogP contribution >= 0.6 is 11.3 Å². The standard InChI is InChI=1S/C17H24N2OS/c1-3-14-5-7-15(8-6-14)16-13-21-17(19-16)9-11-18-10-4-12-20-2/h5-8,13,18H,3-4,9-12H2,1-2H3. The summed E-state index contributed by atoms with van der Waals surface area (Å²) < 4.78 is 5.03. The SMILES string of the molecule is CCc1ccc(-c2csc(CCNCCCOC)n2)cc1. The zero-order valence-corrected chi connectivity index (χ0v) is 13.7. The highest BCUT2D eigenvalue weighted by molar-refractivity contribution is 7.09. The molecule has 0 aliphatic rings. The molecule has 2 aromatic rings. The summed E-state index contributed by atoms with van der Waals surface area (Å²) in [5.74, 6) is 0. The molecular formula is C17H24N2OS. The first-order chi connectivity index (χ1) is 10.3. The van der Waals surface area contributed by atoms with Crippen LogP contribution in [0.4, 0.5) is 0 Å². The van der Waals surface area contributed by atoms with Gasteiger partial charge in [0.05, 0.1) is 10.7 Å². The van der Waals surface area contributed by atoms with Gasteiger partial charge in [-0.3, -0.25) is 0 Å². The van der Waals surface area contributed by atoms with Crippen molar-refractivity contribution in [3.05, 3.63) is 40.2 Å².